The van der Waals surface area contributed by atoms with Crippen molar-refractivity contribution in [1.82, 2.24) is 4.90 Å². The van der Waals surface area contributed by atoms with Crippen molar-refractivity contribution in [2.24, 2.45) is 5.92 Å². The number of ether oxygens (including phenoxy) is 1. The number of aliphatic hydroxyl groups excluding tert-OH is 1. The summed E-state index contributed by atoms with van der Waals surface area (Å²) in [7, 11) is 0. The highest BCUT2D eigenvalue weighted by atomic mass is 16.5. The van der Waals surface area contributed by atoms with Crippen LogP contribution in [0.25, 0.3) is 0 Å². The number of nitrogens with zero attached hydrogens (tertiary/aromatic N) is 1. The lowest BCUT2D eigenvalue weighted by molar-refractivity contribution is -0.148. The Morgan fingerprint density at radius 2 is 2.29 bits per heavy atom. The first-order chi connectivity index (χ1) is 6.49. The summed E-state index contributed by atoms with van der Waals surface area (Å²) in [5.41, 5.74) is -0.549. The normalized spacial score (nSPS) is 40.4. The second-order valence-electron chi connectivity index (χ2n) is 4.55. The average Bonchev–Trinajstić information content (AvgIpc) is 2.53. The molecule has 4 heteroatoms. The molecule has 1 N–H and O–H groups in total. The van der Waals surface area contributed by atoms with E-state index in [0.717, 1.165) is 6.42 Å². The quantitative estimate of drug-likeness (QED) is 0.663. The monoisotopic (exact) mass is 199 g/mol. The number of rotatable bonds is 1. The number of carbonyl (C=O) groups is 1. The van der Waals surface area contributed by atoms with Crippen LogP contribution in [0, 0.1) is 5.92 Å². The molecule has 1 unspecified atom stereocenters. The Kier molecular flexibility index (Phi) is 2.08. The van der Waals surface area contributed by atoms with Crippen molar-refractivity contribution in [3.05, 3.63) is 0 Å². The highest BCUT2D eigenvalue weighted by Crippen LogP contribution is 2.39. The molecule has 3 atom stereocenters. The van der Waals surface area contributed by atoms with E-state index in [1.54, 1.807) is 4.90 Å². The van der Waals surface area contributed by atoms with Gasteiger partial charge in [0.05, 0.1) is 12.6 Å². The molecule has 2 aliphatic heterocycles. The molecule has 0 saturated carbocycles. The van der Waals surface area contributed by atoms with E-state index >= 15 is 0 Å². The number of aliphatic hydroxyl groups is 1. The molecular formula is C10H17NO3. The van der Waals surface area contributed by atoms with Crippen molar-refractivity contribution in [1.29, 1.82) is 0 Å². The number of carbonyl (C=O) groups excluding carboxylic acids is 1. The zero-order valence-electron chi connectivity index (χ0n) is 8.86. The summed E-state index contributed by atoms with van der Waals surface area (Å²) < 4.78 is 5.55. The lowest BCUT2D eigenvalue weighted by Crippen LogP contribution is -2.45. The highest BCUT2D eigenvalue weighted by molar-refractivity contribution is 5.84. The molecule has 80 valence electrons. The summed E-state index contributed by atoms with van der Waals surface area (Å²) in [4.78, 5) is 13.5. The minimum atomic E-state index is -0.826. The van der Waals surface area contributed by atoms with Gasteiger partial charge in [0.2, 0.25) is 0 Å². The molecule has 0 spiro atoms. The molecule has 2 saturated heterocycles. The average molecular weight is 199 g/mol. The van der Waals surface area contributed by atoms with Gasteiger partial charge in [-0.1, -0.05) is 6.92 Å². The second kappa shape index (κ2) is 2.94. The molecule has 14 heavy (non-hydrogen) atoms. The van der Waals surface area contributed by atoms with Crippen molar-refractivity contribution in [3.8, 4) is 0 Å². The number of fused-ring (bicyclic) bond motifs is 1. The zero-order valence-corrected chi connectivity index (χ0v) is 8.86. The van der Waals surface area contributed by atoms with Crippen LogP contribution in [0.3, 0.4) is 0 Å². The first-order valence-electron chi connectivity index (χ1n) is 5.14. The Morgan fingerprint density at radius 3 is 2.86 bits per heavy atom. The Morgan fingerprint density at radius 1 is 1.64 bits per heavy atom. The van der Waals surface area contributed by atoms with E-state index in [0.29, 0.717) is 6.61 Å². The summed E-state index contributed by atoms with van der Waals surface area (Å²) in [6, 6.07) is 0.0671. The minimum absolute atomic E-state index is 0.0317. The zero-order chi connectivity index (χ0) is 10.5. The van der Waals surface area contributed by atoms with Gasteiger partial charge >= 0.3 is 0 Å². The van der Waals surface area contributed by atoms with Crippen LogP contribution >= 0.6 is 0 Å². The largest absolute Gasteiger partial charge is 0.383 e. The maximum absolute atomic E-state index is 11.8. The van der Waals surface area contributed by atoms with E-state index in [4.69, 9.17) is 4.74 Å². The summed E-state index contributed by atoms with van der Waals surface area (Å²) in [5.74, 6) is -0.145. The van der Waals surface area contributed by atoms with Gasteiger partial charge in [-0.15, -0.1) is 0 Å². The smallest absolute Gasteiger partial charge is 0.254 e. The minimum Gasteiger partial charge on any atom is -0.383 e. The highest BCUT2D eigenvalue weighted by Gasteiger charge is 2.55. The Bertz CT molecular complexity index is 264. The van der Waals surface area contributed by atoms with Crippen molar-refractivity contribution in [2.45, 2.75) is 45.1 Å². The fraction of sp³-hybridized carbons (Fsp3) is 0.900. The fourth-order valence-corrected chi connectivity index (χ4v) is 2.61. The molecule has 0 bridgehead atoms. The van der Waals surface area contributed by atoms with Gasteiger partial charge in [0.15, 0.2) is 0 Å². The van der Waals surface area contributed by atoms with Gasteiger partial charge in [-0.3, -0.25) is 4.79 Å². The van der Waals surface area contributed by atoms with Gasteiger partial charge in [-0.2, -0.15) is 0 Å². The van der Waals surface area contributed by atoms with E-state index in [1.165, 1.54) is 0 Å². The van der Waals surface area contributed by atoms with Gasteiger partial charge in [0, 0.05) is 5.92 Å². The first-order valence-corrected chi connectivity index (χ1v) is 5.14. The lowest BCUT2D eigenvalue weighted by Gasteiger charge is -2.29. The van der Waals surface area contributed by atoms with Crippen LogP contribution < -0.4 is 0 Å². The van der Waals surface area contributed by atoms with Crippen molar-refractivity contribution >= 4 is 5.91 Å². The molecule has 0 aromatic rings. The molecule has 0 radical (unpaired) electrons. The van der Waals surface area contributed by atoms with Crippen molar-refractivity contribution < 1.29 is 14.6 Å². The van der Waals surface area contributed by atoms with Gasteiger partial charge in [0.1, 0.15) is 11.8 Å². The maximum Gasteiger partial charge on any atom is 0.254 e. The number of hydrogen-bond donors (Lipinski definition) is 1. The summed E-state index contributed by atoms with van der Waals surface area (Å²) in [5, 5.41) is 9.75. The fourth-order valence-electron chi connectivity index (χ4n) is 2.61. The SMILES string of the molecule is CC[C@@H]1C(O)C(=O)N2[C@@H]1COC2(C)C. The van der Waals surface area contributed by atoms with E-state index in [9.17, 15) is 9.90 Å². The molecule has 0 aliphatic carbocycles. The molecule has 0 aromatic heterocycles. The van der Waals surface area contributed by atoms with E-state index in [-0.39, 0.29) is 17.9 Å². The third-order valence-electron chi connectivity index (χ3n) is 3.38. The van der Waals surface area contributed by atoms with Crippen LogP contribution in [0.15, 0.2) is 0 Å². The van der Waals surface area contributed by atoms with Crippen LogP contribution in [-0.2, 0) is 9.53 Å². The Hall–Kier alpha value is -0.610. The van der Waals surface area contributed by atoms with E-state index < -0.39 is 11.8 Å². The molecule has 2 fully saturated rings. The maximum atomic E-state index is 11.8. The molecule has 1 amide bonds. The topological polar surface area (TPSA) is 49.8 Å². The van der Waals surface area contributed by atoms with Crippen LogP contribution in [0.1, 0.15) is 27.2 Å². The Labute approximate surface area is 83.8 Å². The van der Waals surface area contributed by atoms with Gasteiger partial charge in [-0.05, 0) is 20.3 Å². The standard InChI is InChI=1S/C10H17NO3/c1-4-6-7-5-14-10(2,3)11(7)9(13)8(6)12/h6-8,12H,4-5H2,1-3H3/t6-,7+,8?/m0/s1. The van der Waals surface area contributed by atoms with Crippen LogP contribution in [-0.4, -0.2) is 40.4 Å². The number of hydrogen-bond acceptors (Lipinski definition) is 3. The lowest BCUT2D eigenvalue weighted by atomic mass is 9.96. The predicted molar refractivity (Wildman–Crippen MR) is 50.5 cm³/mol. The molecule has 2 heterocycles. The summed E-state index contributed by atoms with van der Waals surface area (Å²) in [6.45, 7) is 6.29. The van der Waals surface area contributed by atoms with Gasteiger partial charge in [0.25, 0.3) is 5.91 Å². The van der Waals surface area contributed by atoms with E-state index in [1.807, 2.05) is 20.8 Å². The predicted octanol–water partition coefficient (Wildman–Crippen LogP) is 0.351. The third kappa shape index (κ3) is 1.10. The van der Waals surface area contributed by atoms with Crippen LogP contribution in [0.4, 0.5) is 0 Å². The number of amides is 1. The van der Waals surface area contributed by atoms with Crippen molar-refractivity contribution in [2.75, 3.05) is 6.61 Å². The molecule has 0 aromatic carbocycles. The van der Waals surface area contributed by atoms with Crippen molar-refractivity contribution in [3.63, 3.8) is 0 Å². The molecule has 2 aliphatic rings. The summed E-state index contributed by atoms with van der Waals surface area (Å²) >= 11 is 0. The molecular weight excluding hydrogens is 182 g/mol. The summed E-state index contributed by atoms with van der Waals surface area (Å²) in [6.07, 6.45) is -0.0128. The van der Waals surface area contributed by atoms with Gasteiger partial charge < -0.3 is 14.7 Å². The van der Waals surface area contributed by atoms with Crippen LogP contribution in [0.2, 0.25) is 0 Å². The van der Waals surface area contributed by atoms with E-state index in [2.05, 4.69) is 0 Å². The third-order valence-corrected chi connectivity index (χ3v) is 3.38. The first kappa shape index (κ1) is 9.93. The Balaban J connectivity index is 2.30. The van der Waals surface area contributed by atoms with Crippen LogP contribution in [0.5, 0.6) is 0 Å². The molecule has 2 rings (SSSR count). The molecule has 4 nitrogen and oxygen atoms in total. The second-order valence-corrected chi connectivity index (χ2v) is 4.55. The van der Waals surface area contributed by atoms with Gasteiger partial charge in [-0.25, -0.2) is 0 Å².